The molecule has 0 aliphatic heterocycles. The largest absolute Gasteiger partial charge is 0.382 e. The number of amides is 1. The summed E-state index contributed by atoms with van der Waals surface area (Å²) in [5.74, 6) is 1.23. The lowest BCUT2D eigenvalue weighted by molar-refractivity contribution is -0.107. The summed E-state index contributed by atoms with van der Waals surface area (Å²) < 4.78 is 13.0. The Bertz CT molecular complexity index is 696. The van der Waals surface area contributed by atoms with E-state index in [0.29, 0.717) is 23.1 Å². The minimum absolute atomic E-state index is 0.257. The molecular formula is C16H20FN5OS. The summed E-state index contributed by atoms with van der Waals surface area (Å²) in [5.41, 5.74) is 7.26. The molecule has 0 radical (unpaired) electrons. The first-order valence-corrected chi connectivity index (χ1v) is 8.52. The van der Waals surface area contributed by atoms with Gasteiger partial charge in [0, 0.05) is 12.8 Å². The molecule has 8 heteroatoms. The molecule has 0 aliphatic rings. The molecule has 0 aliphatic carbocycles. The van der Waals surface area contributed by atoms with Crippen LogP contribution in [0.25, 0.3) is 0 Å². The van der Waals surface area contributed by atoms with Gasteiger partial charge in [-0.05, 0) is 24.1 Å². The number of hydrogen-bond donors (Lipinski definition) is 2. The van der Waals surface area contributed by atoms with Crippen LogP contribution in [0.5, 0.6) is 0 Å². The zero-order valence-corrected chi connectivity index (χ0v) is 14.4. The molecule has 3 N–H and O–H groups in total. The molecule has 0 saturated carbocycles. The van der Waals surface area contributed by atoms with E-state index in [9.17, 15) is 9.18 Å². The number of rotatable bonds is 8. The van der Waals surface area contributed by atoms with Gasteiger partial charge >= 0.3 is 0 Å². The van der Waals surface area contributed by atoms with Gasteiger partial charge in [-0.2, -0.15) is 0 Å². The van der Waals surface area contributed by atoms with Crippen molar-refractivity contribution in [2.24, 2.45) is 0 Å². The topological polar surface area (TPSA) is 84.1 Å². The highest BCUT2D eigenvalue weighted by Gasteiger charge is 2.18. The zero-order valence-electron chi connectivity index (χ0n) is 13.6. The van der Waals surface area contributed by atoms with E-state index in [1.807, 2.05) is 0 Å². The molecule has 2 rings (SSSR count). The monoisotopic (exact) mass is 349 g/mol. The van der Waals surface area contributed by atoms with E-state index in [1.165, 1.54) is 28.8 Å². The van der Waals surface area contributed by atoms with E-state index in [4.69, 9.17) is 5.73 Å². The number of thioether (sulfide) groups is 1. The van der Waals surface area contributed by atoms with Crippen molar-refractivity contribution >= 4 is 35.5 Å². The van der Waals surface area contributed by atoms with Crippen LogP contribution < -0.4 is 16.0 Å². The lowest BCUT2D eigenvalue weighted by Crippen LogP contribution is -2.24. The van der Waals surface area contributed by atoms with Crippen LogP contribution in [0.4, 0.5) is 21.7 Å². The van der Waals surface area contributed by atoms with Gasteiger partial charge in [-0.15, -0.1) is 0 Å². The molecule has 24 heavy (non-hydrogen) atoms. The fraction of sp³-hybridized carbons (Fsp3) is 0.312. The van der Waals surface area contributed by atoms with E-state index in [-0.39, 0.29) is 18.2 Å². The van der Waals surface area contributed by atoms with Gasteiger partial charge in [0.1, 0.15) is 11.5 Å². The van der Waals surface area contributed by atoms with Gasteiger partial charge in [-0.25, -0.2) is 14.4 Å². The molecule has 2 aromatic rings. The average Bonchev–Trinajstić information content (AvgIpc) is 2.59. The summed E-state index contributed by atoms with van der Waals surface area (Å²) in [6.45, 7) is 2.32. The Morgan fingerprint density at radius 3 is 2.62 bits per heavy atom. The lowest BCUT2D eigenvalue weighted by Gasteiger charge is -2.21. The predicted octanol–water partition coefficient (Wildman–Crippen LogP) is 2.90. The van der Waals surface area contributed by atoms with Crippen molar-refractivity contribution in [1.82, 2.24) is 9.97 Å². The third kappa shape index (κ3) is 4.35. The van der Waals surface area contributed by atoms with Crippen molar-refractivity contribution in [2.45, 2.75) is 25.0 Å². The first kappa shape index (κ1) is 18.0. The van der Waals surface area contributed by atoms with Crippen molar-refractivity contribution in [3.63, 3.8) is 0 Å². The maximum absolute atomic E-state index is 13.0. The SMILES string of the molecule is CCCSc1nc(N)c(NC)c(N(C=O)Cc2ccc(F)cc2)n1. The highest BCUT2D eigenvalue weighted by atomic mass is 32.2. The molecule has 1 aromatic heterocycles. The highest BCUT2D eigenvalue weighted by molar-refractivity contribution is 7.99. The smallest absolute Gasteiger partial charge is 0.215 e. The number of hydrogen-bond acceptors (Lipinski definition) is 6. The average molecular weight is 349 g/mol. The van der Waals surface area contributed by atoms with E-state index >= 15 is 0 Å². The summed E-state index contributed by atoms with van der Waals surface area (Å²) in [4.78, 5) is 21.7. The van der Waals surface area contributed by atoms with Crippen LogP contribution in [0.1, 0.15) is 18.9 Å². The Morgan fingerprint density at radius 2 is 2.04 bits per heavy atom. The molecule has 0 fully saturated rings. The lowest BCUT2D eigenvalue weighted by atomic mass is 10.2. The predicted molar refractivity (Wildman–Crippen MR) is 95.7 cm³/mol. The van der Waals surface area contributed by atoms with Crippen molar-refractivity contribution < 1.29 is 9.18 Å². The van der Waals surface area contributed by atoms with Gasteiger partial charge in [0.25, 0.3) is 0 Å². The van der Waals surface area contributed by atoms with E-state index in [1.54, 1.807) is 19.2 Å². The molecular weight excluding hydrogens is 329 g/mol. The van der Waals surface area contributed by atoms with Crippen molar-refractivity contribution in [3.05, 3.63) is 35.6 Å². The van der Waals surface area contributed by atoms with Crippen LogP contribution in [-0.4, -0.2) is 29.2 Å². The minimum Gasteiger partial charge on any atom is -0.382 e. The molecule has 0 spiro atoms. The van der Waals surface area contributed by atoms with Crippen molar-refractivity contribution in [3.8, 4) is 0 Å². The van der Waals surface area contributed by atoms with Gasteiger partial charge < -0.3 is 11.1 Å². The molecule has 0 unspecified atom stereocenters. The molecule has 0 saturated heterocycles. The summed E-state index contributed by atoms with van der Waals surface area (Å²) in [6.07, 6.45) is 1.66. The maximum atomic E-state index is 13.0. The van der Waals surface area contributed by atoms with Crippen LogP contribution in [-0.2, 0) is 11.3 Å². The fourth-order valence-corrected chi connectivity index (χ4v) is 2.80. The maximum Gasteiger partial charge on any atom is 0.215 e. The summed E-state index contributed by atoms with van der Waals surface area (Å²) in [5, 5.41) is 3.46. The molecule has 128 valence electrons. The summed E-state index contributed by atoms with van der Waals surface area (Å²) in [6, 6.07) is 5.96. The second-order valence-electron chi connectivity index (χ2n) is 5.05. The molecule has 0 atom stereocenters. The number of anilines is 3. The number of nitrogens with two attached hydrogens (primary N) is 1. The standard InChI is InChI=1S/C16H20FN5OS/c1-3-8-24-16-20-14(18)13(19-2)15(21-16)22(10-23)9-11-4-6-12(17)7-5-11/h4-7,10,19H,3,8-9H2,1-2H3,(H2,18,20,21). The Morgan fingerprint density at radius 1 is 1.33 bits per heavy atom. The second kappa shape index (κ2) is 8.49. The van der Waals surface area contributed by atoms with E-state index in [2.05, 4.69) is 22.2 Å². The van der Waals surface area contributed by atoms with E-state index < -0.39 is 0 Å². The van der Waals surface area contributed by atoms with Crippen LogP contribution in [0.2, 0.25) is 0 Å². The zero-order chi connectivity index (χ0) is 17.5. The van der Waals surface area contributed by atoms with Gasteiger partial charge in [0.15, 0.2) is 16.8 Å². The molecule has 1 heterocycles. The molecule has 0 bridgehead atoms. The normalized spacial score (nSPS) is 10.5. The van der Waals surface area contributed by atoms with Crippen molar-refractivity contribution in [1.29, 1.82) is 0 Å². The number of carbonyl (C=O) groups is 1. The number of halogens is 1. The third-order valence-electron chi connectivity index (χ3n) is 3.25. The summed E-state index contributed by atoms with van der Waals surface area (Å²) >= 11 is 1.48. The number of nitrogens with one attached hydrogen (secondary N) is 1. The van der Waals surface area contributed by atoms with Gasteiger partial charge in [0.2, 0.25) is 6.41 Å². The quantitative estimate of drug-likeness (QED) is 0.433. The number of nitrogen functional groups attached to an aromatic ring is 1. The molecule has 1 amide bonds. The third-order valence-corrected chi connectivity index (χ3v) is 4.30. The fourth-order valence-electron chi connectivity index (χ4n) is 2.10. The minimum atomic E-state index is -0.322. The number of benzene rings is 1. The van der Waals surface area contributed by atoms with Gasteiger partial charge in [-0.1, -0.05) is 30.8 Å². The first-order valence-electron chi connectivity index (χ1n) is 7.53. The second-order valence-corrected chi connectivity index (χ2v) is 6.11. The molecule has 1 aromatic carbocycles. The van der Waals surface area contributed by atoms with Gasteiger partial charge in [-0.3, -0.25) is 9.69 Å². The van der Waals surface area contributed by atoms with E-state index in [0.717, 1.165) is 17.7 Å². The number of nitrogens with zero attached hydrogens (tertiary/aromatic N) is 3. The van der Waals surface area contributed by atoms with Crippen LogP contribution in [0, 0.1) is 5.82 Å². The highest BCUT2D eigenvalue weighted by Crippen LogP contribution is 2.31. The number of carbonyl (C=O) groups excluding carboxylic acids is 1. The van der Waals surface area contributed by atoms with Crippen LogP contribution in [0.3, 0.4) is 0 Å². The Labute approximate surface area is 144 Å². The Kier molecular flexibility index (Phi) is 6.36. The Balaban J connectivity index is 2.35. The van der Waals surface area contributed by atoms with Crippen LogP contribution in [0.15, 0.2) is 29.4 Å². The molecule has 6 nitrogen and oxygen atoms in total. The number of aromatic nitrogens is 2. The van der Waals surface area contributed by atoms with Crippen LogP contribution >= 0.6 is 11.8 Å². The first-order chi connectivity index (χ1) is 11.6. The Hall–Kier alpha value is -2.35. The van der Waals surface area contributed by atoms with Gasteiger partial charge in [0.05, 0.1) is 6.54 Å². The van der Waals surface area contributed by atoms with Crippen molar-refractivity contribution in [2.75, 3.05) is 28.8 Å². The summed E-state index contributed by atoms with van der Waals surface area (Å²) in [7, 11) is 1.69.